The number of methoxy groups -OCH3 is 3. The Labute approximate surface area is 219 Å². The van der Waals surface area contributed by atoms with Gasteiger partial charge in [-0.3, -0.25) is 14.5 Å². The van der Waals surface area contributed by atoms with E-state index in [4.69, 9.17) is 14.2 Å². The molecule has 1 atom stereocenters. The number of aromatic hydroxyl groups is 2. The van der Waals surface area contributed by atoms with E-state index in [0.717, 1.165) is 19.2 Å². The second-order valence-electron chi connectivity index (χ2n) is 8.61. The minimum Gasteiger partial charge on any atom is -0.508 e. The lowest BCUT2D eigenvalue weighted by atomic mass is 9.89. The molecule has 37 heavy (non-hydrogen) atoms. The lowest BCUT2D eigenvalue weighted by Crippen LogP contribution is -2.51. The summed E-state index contributed by atoms with van der Waals surface area (Å²) in [5, 5.41) is 21.4. The Kier molecular flexibility index (Phi) is 11.2. The van der Waals surface area contributed by atoms with Gasteiger partial charge in [0, 0.05) is 25.3 Å². The number of hydrogen-bond acceptors (Lipinski definition) is 8. The molecular formula is C28H40N2O7. The van der Waals surface area contributed by atoms with Crippen molar-refractivity contribution in [2.24, 2.45) is 0 Å². The number of carbonyl (C=O) groups is 2. The molecule has 0 aromatic heterocycles. The molecule has 0 fully saturated rings. The van der Waals surface area contributed by atoms with Crippen molar-refractivity contribution in [2.75, 3.05) is 47.6 Å². The van der Waals surface area contributed by atoms with Crippen LogP contribution in [0.5, 0.6) is 23.0 Å². The van der Waals surface area contributed by atoms with Crippen molar-refractivity contribution in [3.8, 4) is 23.0 Å². The fraction of sp³-hybridized carbons (Fsp3) is 0.500. The van der Waals surface area contributed by atoms with Crippen LogP contribution < -0.4 is 9.47 Å². The van der Waals surface area contributed by atoms with Crippen LogP contribution in [0.1, 0.15) is 54.7 Å². The highest BCUT2D eigenvalue weighted by atomic mass is 16.5. The van der Waals surface area contributed by atoms with Crippen LogP contribution in [0.3, 0.4) is 0 Å². The van der Waals surface area contributed by atoms with Crippen LogP contribution in [0.2, 0.25) is 0 Å². The number of phenols is 2. The lowest BCUT2D eigenvalue weighted by molar-refractivity contribution is -0.137. The number of ether oxygens (including phenoxy) is 3. The van der Waals surface area contributed by atoms with Crippen molar-refractivity contribution in [3.05, 3.63) is 46.5 Å². The van der Waals surface area contributed by atoms with E-state index >= 15 is 0 Å². The first-order valence-corrected chi connectivity index (χ1v) is 12.5. The summed E-state index contributed by atoms with van der Waals surface area (Å²) < 4.78 is 15.8. The van der Waals surface area contributed by atoms with Gasteiger partial charge in [-0.1, -0.05) is 20.8 Å². The normalized spacial score (nSPS) is 11.9. The molecule has 2 aromatic carbocycles. The maximum atomic E-state index is 13.7. The molecule has 9 nitrogen and oxygen atoms in total. The highest BCUT2D eigenvalue weighted by Crippen LogP contribution is 2.36. The van der Waals surface area contributed by atoms with E-state index in [1.54, 1.807) is 24.1 Å². The molecule has 2 rings (SSSR count). The molecule has 0 aliphatic carbocycles. The summed E-state index contributed by atoms with van der Waals surface area (Å²) in [5.74, 6) is -0.463. The molecule has 0 bridgehead atoms. The van der Waals surface area contributed by atoms with Crippen LogP contribution in [0.4, 0.5) is 0 Å². The molecular weight excluding hydrogens is 476 g/mol. The van der Waals surface area contributed by atoms with E-state index < -0.39 is 11.5 Å². The van der Waals surface area contributed by atoms with Gasteiger partial charge in [-0.05, 0) is 55.8 Å². The number of phenolic OH excluding ortho intramolecular Hbond substituents is 2. The maximum absolute atomic E-state index is 13.7. The number of carbonyl (C=O) groups excluding carboxylic acids is 2. The Bertz CT molecular complexity index is 1080. The minimum absolute atomic E-state index is 0.0163. The zero-order valence-corrected chi connectivity index (χ0v) is 23.0. The third kappa shape index (κ3) is 6.72. The number of ketones is 1. The summed E-state index contributed by atoms with van der Waals surface area (Å²) in [7, 11) is 4.54. The van der Waals surface area contributed by atoms with E-state index in [2.05, 4.69) is 4.90 Å². The van der Waals surface area contributed by atoms with Gasteiger partial charge in [0.05, 0.1) is 39.0 Å². The molecule has 0 saturated carbocycles. The maximum Gasteiger partial charge on any atom is 0.228 e. The topological polar surface area (TPSA) is 109 Å². The molecule has 0 heterocycles. The summed E-state index contributed by atoms with van der Waals surface area (Å²) in [4.78, 5) is 31.3. The molecule has 1 unspecified atom stereocenters. The molecule has 0 spiro atoms. The average Bonchev–Trinajstić information content (AvgIpc) is 2.88. The van der Waals surface area contributed by atoms with Gasteiger partial charge < -0.3 is 29.3 Å². The zero-order valence-electron chi connectivity index (χ0n) is 23.0. The van der Waals surface area contributed by atoms with Crippen LogP contribution in [0, 0.1) is 0 Å². The Morgan fingerprint density at radius 2 is 1.57 bits per heavy atom. The van der Waals surface area contributed by atoms with Crippen molar-refractivity contribution >= 4 is 11.7 Å². The van der Waals surface area contributed by atoms with Crippen LogP contribution in [-0.2, 0) is 22.4 Å². The third-order valence-corrected chi connectivity index (χ3v) is 6.71. The van der Waals surface area contributed by atoms with Crippen molar-refractivity contribution in [1.82, 2.24) is 9.80 Å². The Morgan fingerprint density at radius 3 is 2.11 bits per heavy atom. The van der Waals surface area contributed by atoms with Gasteiger partial charge in [-0.15, -0.1) is 0 Å². The Morgan fingerprint density at radius 1 is 0.919 bits per heavy atom. The molecule has 204 valence electrons. The van der Waals surface area contributed by atoms with Crippen molar-refractivity contribution in [3.63, 3.8) is 0 Å². The summed E-state index contributed by atoms with van der Waals surface area (Å²) >= 11 is 0. The Balaban J connectivity index is 2.61. The molecule has 0 aliphatic rings. The number of amides is 1. The molecule has 0 aliphatic heterocycles. The highest BCUT2D eigenvalue weighted by Gasteiger charge is 2.29. The van der Waals surface area contributed by atoms with Gasteiger partial charge in [0.1, 0.15) is 11.5 Å². The average molecular weight is 517 g/mol. The van der Waals surface area contributed by atoms with Crippen LogP contribution >= 0.6 is 0 Å². The smallest absolute Gasteiger partial charge is 0.228 e. The van der Waals surface area contributed by atoms with Crippen molar-refractivity contribution in [1.29, 1.82) is 0 Å². The highest BCUT2D eigenvalue weighted by molar-refractivity contribution is 6.12. The van der Waals surface area contributed by atoms with Gasteiger partial charge in [0.2, 0.25) is 5.91 Å². The standard InChI is InChI=1S/C28H40N2O7/c1-8-20-21(16-26(33)30(13-14-35-5)18(4)29(9-2)10-3)27(23(32)17-22(20)31)28(34)19-11-12-24(36-6)25(15-19)37-7/h11-12,15,17-18,31-32H,8-10,13-14,16H2,1-7H3. The molecule has 0 radical (unpaired) electrons. The number of benzene rings is 2. The first kappa shape index (κ1) is 29.9. The van der Waals surface area contributed by atoms with Crippen molar-refractivity contribution in [2.45, 2.75) is 46.7 Å². The summed E-state index contributed by atoms with van der Waals surface area (Å²) in [6.07, 6.45) is -0.0157. The van der Waals surface area contributed by atoms with Gasteiger partial charge in [-0.2, -0.15) is 0 Å². The fourth-order valence-corrected chi connectivity index (χ4v) is 4.63. The van der Waals surface area contributed by atoms with E-state index in [9.17, 15) is 19.8 Å². The molecule has 2 aromatic rings. The minimum atomic E-state index is -0.490. The van der Waals surface area contributed by atoms with Crippen LogP contribution in [0.25, 0.3) is 0 Å². The van der Waals surface area contributed by atoms with Gasteiger partial charge in [-0.25, -0.2) is 0 Å². The first-order chi connectivity index (χ1) is 17.7. The predicted molar refractivity (Wildman–Crippen MR) is 142 cm³/mol. The summed E-state index contributed by atoms with van der Waals surface area (Å²) in [6.45, 7) is 10.1. The molecule has 2 N–H and O–H groups in total. The van der Waals surface area contributed by atoms with E-state index in [1.165, 1.54) is 20.3 Å². The van der Waals surface area contributed by atoms with Gasteiger partial charge in [0.25, 0.3) is 0 Å². The van der Waals surface area contributed by atoms with Crippen molar-refractivity contribution < 1.29 is 34.0 Å². The predicted octanol–water partition coefficient (Wildman–Crippen LogP) is 3.61. The monoisotopic (exact) mass is 516 g/mol. The van der Waals surface area contributed by atoms with Gasteiger partial charge in [0.15, 0.2) is 17.3 Å². The van der Waals surface area contributed by atoms with E-state index in [0.29, 0.717) is 42.2 Å². The Hall–Kier alpha value is -3.30. The second kappa shape index (κ2) is 13.9. The van der Waals surface area contributed by atoms with Crippen LogP contribution in [-0.4, -0.2) is 85.4 Å². The summed E-state index contributed by atoms with van der Waals surface area (Å²) in [5.41, 5.74) is 0.982. The number of nitrogens with zero attached hydrogens (tertiary/aromatic N) is 2. The fourth-order valence-electron chi connectivity index (χ4n) is 4.63. The first-order valence-electron chi connectivity index (χ1n) is 12.5. The second-order valence-corrected chi connectivity index (χ2v) is 8.61. The summed E-state index contributed by atoms with van der Waals surface area (Å²) in [6, 6.07) is 5.86. The number of rotatable bonds is 14. The van der Waals surface area contributed by atoms with Crippen LogP contribution in [0.15, 0.2) is 24.3 Å². The van der Waals surface area contributed by atoms with E-state index in [-0.39, 0.29) is 35.4 Å². The molecule has 1 amide bonds. The largest absolute Gasteiger partial charge is 0.508 e. The zero-order chi connectivity index (χ0) is 27.7. The number of hydrogen-bond donors (Lipinski definition) is 2. The lowest BCUT2D eigenvalue weighted by Gasteiger charge is -2.37. The third-order valence-electron chi connectivity index (χ3n) is 6.71. The molecule has 0 saturated heterocycles. The molecule has 9 heteroatoms. The van der Waals surface area contributed by atoms with E-state index in [1.807, 2.05) is 27.7 Å². The SMILES string of the molecule is CCc1c(O)cc(O)c(C(=O)c2ccc(OC)c(OC)c2)c1CC(=O)N(CCOC)C(C)N(CC)CC. The van der Waals surface area contributed by atoms with Gasteiger partial charge >= 0.3 is 0 Å². The quantitative estimate of drug-likeness (QED) is 0.290.